The second-order valence-electron chi connectivity index (χ2n) is 3.05. The van der Waals surface area contributed by atoms with Gasteiger partial charge in [-0.05, 0) is 24.3 Å². The van der Waals surface area contributed by atoms with Gasteiger partial charge >= 0.3 is 6.68 Å². The first-order valence-corrected chi connectivity index (χ1v) is 4.26. The second kappa shape index (κ2) is 7.11. The summed E-state index contributed by atoms with van der Waals surface area (Å²) in [6.45, 7) is -2.78. The average Bonchev–Trinajstić information content (AvgIpc) is 2.07. The summed E-state index contributed by atoms with van der Waals surface area (Å²) in [5.41, 5.74) is 1.19. The zero-order valence-corrected chi connectivity index (χ0v) is 8.38. The molecule has 0 aliphatic rings. The number of benzene rings is 1. The summed E-state index contributed by atoms with van der Waals surface area (Å²) in [6.07, 6.45) is 0. The van der Waals surface area contributed by atoms with E-state index in [0.717, 1.165) is 11.4 Å². The molecule has 15 heavy (non-hydrogen) atoms. The molecule has 1 atom stereocenters. The summed E-state index contributed by atoms with van der Waals surface area (Å²) >= 11 is 0. The van der Waals surface area contributed by atoms with Gasteiger partial charge in [0.2, 0.25) is 0 Å². The van der Waals surface area contributed by atoms with Crippen molar-refractivity contribution in [1.82, 2.24) is 0 Å². The Morgan fingerprint density at radius 2 is 1.67 bits per heavy atom. The van der Waals surface area contributed by atoms with Gasteiger partial charge in [-0.1, -0.05) is 0 Å². The largest absolute Gasteiger partial charge is 0.508 e. The van der Waals surface area contributed by atoms with E-state index in [-0.39, 0.29) is 0 Å². The van der Waals surface area contributed by atoms with E-state index in [0.29, 0.717) is 5.75 Å². The zero-order valence-electron chi connectivity index (χ0n) is 8.38. The predicted octanol–water partition coefficient (Wildman–Crippen LogP) is 1.38. The first-order chi connectivity index (χ1) is 6.91. The summed E-state index contributed by atoms with van der Waals surface area (Å²) in [7, 11) is 5.80. The van der Waals surface area contributed by atoms with Gasteiger partial charge in [-0.3, -0.25) is 0 Å². The molecule has 1 rings (SSSR count). The summed E-state index contributed by atoms with van der Waals surface area (Å²) in [5.74, 6) is 0.315. The van der Waals surface area contributed by atoms with Crippen molar-refractivity contribution < 1.29 is 23.2 Å². The molecule has 0 amide bonds. The number of hydrogen-bond donors (Lipinski definition) is 2. The second-order valence-corrected chi connectivity index (χ2v) is 3.05. The van der Waals surface area contributed by atoms with Crippen LogP contribution in [0.15, 0.2) is 24.3 Å². The molecule has 1 aromatic carbocycles. The Labute approximate surface area is 86.9 Å². The molecule has 86 valence electrons. The van der Waals surface area contributed by atoms with Crippen LogP contribution in [0.4, 0.5) is 13.2 Å². The first kappa shape index (κ1) is 13.8. The summed E-state index contributed by atoms with van der Waals surface area (Å²) in [6, 6.07) is 7.20. The number of hydrogen-bond acceptors (Lipinski definition) is 1. The number of phenolic OH excluding ortho intramolecular Hbond substituents is 1. The van der Waals surface area contributed by atoms with E-state index in [4.69, 9.17) is 5.11 Å². The molecule has 0 bridgehead atoms. The molecule has 0 aliphatic carbocycles. The van der Waals surface area contributed by atoms with Crippen LogP contribution in [0, 0.1) is 7.05 Å². The maximum absolute atomic E-state index is 9.67. The lowest BCUT2D eigenvalue weighted by Gasteiger charge is -2.13. The van der Waals surface area contributed by atoms with E-state index in [1.54, 1.807) is 12.1 Å². The highest BCUT2D eigenvalue weighted by Gasteiger charge is 1.93. The van der Waals surface area contributed by atoms with Gasteiger partial charge in [0, 0.05) is 12.6 Å². The molecule has 2 nitrogen and oxygen atoms in total. The average molecular weight is 221 g/mol. The normalized spacial score (nSPS) is 11.9. The molecule has 0 radical (unpaired) electrons. The van der Waals surface area contributed by atoms with Crippen LogP contribution in [0.1, 0.15) is 5.56 Å². The number of phenols is 1. The quantitative estimate of drug-likeness (QED) is 0.724. The Morgan fingerprint density at radius 3 is 2.00 bits per heavy atom. The smallest absolute Gasteiger partial charge is 0.379 e. The molecule has 5 heteroatoms. The Hall–Kier alpha value is -1.23. The lowest BCUT2D eigenvalue weighted by atomic mass is 10.2. The van der Waals surface area contributed by atoms with Crippen LogP contribution in [0.2, 0.25) is 0 Å². The molecule has 2 N–H and O–H groups in total. The van der Waals surface area contributed by atoms with E-state index in [2.05, 4.69) is 7.05 Å². The monoisotopic (exact) mass is 221 g/mol. The Balaban J connectivity index is 0.000000423. The molecule has 0 fully saturated rings. The minimum absolute atomic E-state index is 0.315. The Kier molecular flexibility index (Phi) is 6.53. The van der Waals surface area contributed by atoms with Gasteiger partial charge in [0.25, 0.3) is 0 Å². The number of aromatic hydroxyl groups is 1. The molecule has 0 aromatic heterocycles. The molecular weight excluding hydrogens is 207 g/mol. The van der Waals surface area contributed by atoms with Crippen molar-refractivity contribution in [2.75, 3.05) is 7.05 Å². The van der Waals surface area contributed by atoms with Gasteiger partial charge in [0.15, 0.2) is 0 Å². The summed E-state index contributed by atoms with van der Waals surface area (Å²) < 4.78 is 29.0. The number of rotatable bonds is 2. The molecule has 0 heterocycles. The predicted molar refractivity (Wildman–Crippen MR) is 51.2 cm³/mol. The van der Waals surface area contributed by atoms with Crippen LogP contribution < -0.4 is 4.90 Å². The highest BCUT2D eigenvalue weighted by atomic mass is 19.4. The Bertz CT molecular complexity index is 259. The number of alkyl halides is 3. The molecular formula is C10H14F3NO. The maximum atomic E-state index is 9.67. The number of halogens is 3. The van der Waals surface area contributed by atoms with Gasteiger partial charge in [-0.25, -0.2) is 0 Å². The number of quaternary nitrogens is 1. The molecule has 1 aromatic rings. The van der Waals surface area contributed by atoms with Gasteiger partial charge in [-0.15, -0.1) is 0 Å². The van der Waals surface area contributed by atoms with E-state index in [9.17, 15) is 13.2 Å². The van der Waals surface area contributed by atoms with E-state index in [1.165, 1.54) is 5.56 Å². The van der Waals surface area contributed by atoms with Crippen LogP contribution in [0.25, 0.3) is 0 Å². The lowest BCUT2D eigenvalue weighted by Crippen LogP contribution is -3.01. The molecule has 1 unspecified atom stereocenters. The summed E-state index contributed by atoms with van der Waals surface area (Å²) in [5, 5.41) is 8.97. The van der Waals surface area contributed by atoms with Crippen molar-refractivity contribution in [3.8, 4) is 5.75 Å². The fourth-order valence-corrected chi connectivity index (χ4v) is 0.962. The fourth-order valence-electron chi connectivity index (χ4n) is 0.962. The van der Waals surface area contributed by atoms with Gasteiger partial charge in [0.05, 0.1) is 6.54 Å². The molecule has 0 saturated heterocycles. The minimum Gasteiger partial charge on any atom is -0.508 e. The topological polar surface area (TPSA) is 24.7 Å². The standard InChI is InChI=1S/C9H13NO.CHF3/c1-10(2)7-8-3-5-9(11)6-4-8;2-1(3)4/h3-6,10-11H,1,7H2,2H3;1H. The van der Waals surface area contributed by atoms with Crippen LogP contribution in [0.3, 0.4) is 0 Å². The highest BCUT2D eigenvalue weighted by Crippen LogP contribution is 2.08. The van der Waals surface area contributed by atoms with Crippen molar-refractivity contribution in [1.29, 1.82) is 0 Å². The van der Waals surface area contributed by atoms with E-state index in [1.807, 2.05) is 19.2 Å². The summed E-state index contributed by atoms with van der Waals surface area (Å²) in [4.78, 5) is 1.13. The maximum Gasteiger partial charge on any atom is 0.379 e. The first-order valence-electron chi connectivity index (χ1n) is 4.26. The van der Waals surface area contributed by atoms with Crippen molar-refractivity contribution in [2.45, 2.75) is 13.2 Å². The minimum atomic E-state index is -3.67. The van der Waals surface area contributed by atoms with Gasteiger partial charge < -0.3 is 10.0 Å². The van der Waals surface area contributed by atoms with Crippen molar-refractivity contribution >= 4 is 0 Å². The fraction of sp³-hybridized carbons (Fsp3) is 0.300. The van der Waals surface area contributed by atoms with Gasteiger partial charge in [-0.2, -0.15) is 20.2 Å². The molecule has 0 spiro atoms. The third-order valence-corrected chi connectivity index (χ3v) is 1.44. The SMILES string of the molecule is FC(F)F.[CH2-][NH+](C)Cc1ccc(O)cc1. The Morgan fingerprint density at radius 1 is 1.27 bits per heavy atom. The molecule has 0 saturated carbocycles. The molecule has 0 aliphatic heterocycles. The van der Waals surface area contributed by atoms with Crippen LogP contribution >= 0.6 is 0 Å². The van der Waals surface area contributed by atoms with E-state index < -0.39 is 6.68 Å². The zero-order chi connectivity index (χ0) is 11.8. The van der Waals surface area contributed by atoms with Crippen molar-refractivity contribution in [2.24, 2.45) is 0 Å². The van der Waals surface area contributed by atoms with Crippen molar-refractivity contribution in [3.05, 3.63) is 36.9 Å². The third-order valence-electron chi connectivity index (χ3n) is 1.44. The highest BCUT2D eigenvalue weighted by molar-refractivity contribution is 5.25. The third kappa shape index (κ3) is 9.08. The van der Waals surface area contributed by atoms with Gasteiger partial charge in [0.1, 0.15) is 5.75 Å². The van der Waals surface area contributed by atoms with Crippen LogP contribution in [0.5, 0.6) is 5.75 Å². The lowest BCUT2D eigenvalue weighted by molar-refractivity contribution is -0.846. The van der Waals surface area contributed by atoms with Crippen LogP contribution in [-0.2, 0) is 6.54 Å². The number of nitrogens with one attached hydrogen (secondary N) is 1. The van der Waals surface area contributed by atoms with Crippen LogP contribution in [-0.4, -0.2) is 18.8 Å². The van der Waals surface area contributed by atoms with Crippen molar-refractivity contribution in [3.63, 3.8) is 0 Å². The van der Waals surface area contributed by atoms with E-state index >= 15 is 0 Å².